The van der Waals surface area contributed by atoms with Gasteiger partial charge in [0, 0.05) is 10.0 Å². The zero-order valence-electron chi connectivity index (χ0n) is 9.27. The van der Waals surface area contributed by atoms with Gasteiger partial charge < -0.3 is 11.1 Å². The van der Waals surface area contributed by atoms with Gasteiger partial charge in [0.25, 0.3) is 11.8 Å². The Morgan fingerprint density at radius 3 is 2.71 bits per heavy atom. The molecule has 6 heteroatoms. The van der Waals surface area contributed by atoms with E-state index in [1.165, 1.54) is 0 Å². The molecule has 0 aromatic heterocycles. The van der Waals surface area contributed by atoms with Crippen molar-refractivity contribution in [3.63, 3.8) is 0 Å². The first-order valence-electron chi connectivity index (χ1n) is 4.98. The Morgan fingerprint density at radius 2 is 2.18 bits per heavy atom. The summed E-state index contributed by atoms with van der Waals surface area (Å²) in [6.07, 6.45) is 0. The van der Waals surface area contributed by atoms with E-state index < -0.39 is 24.9 Å². The van der Waals surface area contributed by atoms with Crippen LogP contribution in [0.2, 0.25) is 0 Å². The van der Waals surface area contributed by atoms with Gasteiger partial charge in [-0.15, -0.1) is 0 Å². The number of hydrogen-bond donors (Lipinski definition) is 2. The smallest absolute Gasteiger partial charge is 0.277 e. The summed E-state index contributed by atoms with van der Waals surface area (Å²) in [5.74, 6) is -3.60. The monoisotopic (exact) mass is 306 g/mol. The summed E-state index contributed by atoms with van der Waals surface area (Å²) in [4.78, 5) is 11.6. The third-order valence-corrected chi connectivity index (χ3v) is 3.12. The molecule has 0 spiro atoms. The number of rotatable bonds is 4. The number of alkyl halides is 2. The molecular formula is C11H13BrF2N2O. The maximum atomic E-state index is 12.8. The lowest BCUT2D eigenvalue weighted by Gasteiger charge is -2.14. The first-order valence-corrected chi connectivity index (χ1v) is 5.77. The van der Waals surface area contributed by atoms with Gasteiger partial charge in [-0.25, -0.2) is 8.78 Å². The zero-order valence-corrected chi connectivity index (χ0v) is 10.9. The van der Waals surface area contributed by atoms with E-state index in [4.69, 9.17) is 5.73 Å². The highest BCUT2D eigenvalue weighted by Gasteiger charge is 2.27. The van der Waals surface area contributed by atoms with Crippen molar-refractivity contribution in [1.29, 1.82) is 0 Å². The van der Waals surface area contributed by atoms with Gasteiger partial charge in [-0.05, 0) is 30.7 Å². The van der Waals surface area contributed by atoms with Crippen LogP contribution >= 0.6 is 15.9 Å². The second kappa shape index (κ2) is 5.55. The quantitative estimate of drug-likeness (QED) is 0.895. The fraction of sp³-hybridized carbons (Fsp3) is 0.364. The standard InChI is InChI=1S/C11H13BrF2N2O/c1-7-4-8(2-3-9(7)12)10(17)16-6-11(13,14)5-15/h2-4H,5-6,15H2,1H3,(H,16,17). The molecule has 1 aromatic carbocycles. The second-order valence-electron chi connectivity index (χ2n) is 3.71. The van der Waals surface area contributed by atoms with E-state index in [9.17, 15) is 13.6 Å². The fourth-order valence-electron chi connectivity index (χ4n) is 1.17. The van der Waals surface area contributed by atoms with E-state index in [-0.39, 0.29) is 0 Å². The van der Waals surface area contributed by atoms with Crippen LogP contribution < -0.4 is 11.1 Å². The van der Waals surface area contributed by atoms with Crippen molar-refractivity contribution < 1.29 is 13.6 Å². The molecule has 17 heavy (non-hydrogen) atoms. The number of aryl methyl sites for hydroxylation is 1. The molecule has 0 bridgehead atoms. The molecule has 3 nitrogen and oxygen atoms in total. The topological polar surface area (TPSA) is 55.1 Å². The third-order valence-electron chi connectivity index (χ3n) is 2.23. The van der Waals surface area contributed by atoms with Crippen molar-refractivity contribution in [2.75, 3.05) is 13.1 Å². The van der Waals surface area contributed by atoms with Crippen LogP contribution in [0.25, 0.3) is 0 Å². The van der Waals surface area contributed by atoms with E-state index in [1.54, 1.807) is 18.2 Å². The molecule has 0 saturated carbocycles. The zero-order chi connectivity index (χ0) is 13.1. The van der Waals surface area contributed by atoms with Crippen molar-refractivity contribution in [3.8, 4) is 0 Å². The summed E-state index contributed by atoms with van der Waals surface area (Å²) in [5, 5.41) is 2.15. The van der Waals surface area contributed by atoms with Crippen LogP contribution in [0, 0.1) is 6.92 Å². The molecule has 0 heterocycles. The van der Waals surface area contributed by atoms with E-state index in [1.807, 2.05) is 6.92 Å². The summed E-state index contributed by atoms with van der Waals surface area (Å²) < 4.78 is 26.5. The number of nitrogens with one attached hydrogen (secondary N) is 1. The predicted octanol–water partition coefficient (Wildman–Crippen LogP) is 2.08. The highest BCUT2D eigenvalue weighted by molar-refractivity contribution is 9.10. The molecule has 0 aliphatic rings. The van der Waals surface area contributed by atoms with Gasteiger partial charge in [-0.3, -0.25) is 4.79 Å². The molecule has 0 fully saturated rings. The first kappa shape index (κ1) is 14.1. The number of carbonyl (C=O) groups is 1. The van der Waals surface area contributed by atoms with Gasteiger partial charge in [0.2, 0.25) is 0 Å². The minimum atomic E-state index is -3.07. The first-order chi connectivity index (χ1) is 7.85. The highest BCUT2D eigenvalue weighted by atomic mass is 79.9. The van der Waals surface area contributed by atoms with Gasteiger partial charge in [-0.1, -0.05) is 15.9 Å². The molecule has 0 saturated heterocycles. The number of benzene rings is 1. The van der Waals surface area contributed by atoms with E-state index in [0.717, 1.165) is 10.0 Å². The summed E-state index contributed by atoms with van der Waals surface area (Å²) >= 11 is 3.29. The maximum Gasteiger partial charge on any atom is 0.277 e. The third kappa shape index (κ3) is 4.05. The van der Waals surface area contributed by atoms with Gasteiger partial charge in [0.05, 0.1) is 13.1 Å². The summed E-state index contributed by atoms with van der Waals surface area (Å²) in [6.45, 7) is 0.277. The number of nitrogens with two attached hydrogens (primary N) is 1. The number of hydrogen-bond acceptors (Lipinski definition) is 2. The molecule has 1 rings (SSSR count). The highest BCUT2D eigenvalue weighted by Crippen LogP contribution is 2.17. The summed E-state index contributed by atoms with van der Waals surface area (Å²) in [7, 11) is 0. The van der Waals surface area contributed by atoms with Crippen molar-refractivity contribution in [2.24, 2.45) is 5.73 Å². The average Bonchev–Trinajstić information content (AvgIpc) is 2.30. The Bertz CT molecular complexity index is 424. The molecule has 0 unspecified atom stereocenters. The molecule has 94 valence electrons. The maximum absolute atomic E-state index is 12.8. The molecule has 0 aliphatic heterocycles. The minimum absolute atomic E-state index is 0.346. The Morgan fingerprint density at radius 1 is 1.53 bits per heavy atom. The van der Waals surface area contributed by atoms with Gasteiger partial charge in [0.15, 0.2) is 0 Å². The van der Waals surface area contributed by atoms with Crippen LogP contribution in [-0.4, -0.2) is 24.9 Å². The normalized spacial score (nSPS) is 11.4. The van der Waals surface area contributed by atoms with Crippen LogP contribution in [-0.2, 0) is 0 Å². The van der Waals surface area contributed by atoms with Gasteiger partial charge >= 0.3 is 0 Å². The lowest BCUT2D eigenvalue weighted by atomic mass is 10.1. The minimum Gasteiger partial charge on any atom is -0.346 e. The lowest BCUT2D eigenvalue weighted by Crippen LogP contribution is -2.41. The number of amides is 1. The molecule has 0 radical (unpaired) electrons. The number of carbonyl (C=O) groups excluding carboxylic acids is 1. The molecular weight excluding hydrogens is 294 g/mol. The van der Waals surface area contributed by atoms with Crippen molar-refractivity contribution in [3.05, 3.63) is 33.8 Å². The molecule has 0 aliphatic carbocycles. The Hall–Kier alpha value is -1.01. The summed E-state index contributed by atoms with van der Waals surface area (Å²) in [6, 6.07) is 4.89. The Kier molecular flexibility index (Phi) is 4.59. The fourth-order valence-corrected chi connectivity index (χ4v) is 1.42. The van der Waals surface area contributed by atoms with Crippen molar-refractivity contribution in [2.45, 2.75) is 12.8 Å². The van der Waals surface area contributed by atoms with E-state index in [2.05, 4.69) is 21.2 Å². The van der Waals surface area contributed by atoms with E-state index >= 15 is 0 Å². The van der Waals surface area contributed by atoms with Crippen molar-refractivity contribution in [1.82, 2.24) is 5.32 Å². The number of halogens is 3. The Balaban J connectivity index is 2.68. The predicted molar refractivity (Wildman–Crippen MR) is 65.2 cm³/mol. The van der Waals surface area contributed by atoms with Crippen molar-refractivity contribution >= 4 is 21.8 Å². The second-order valence-corrected chi connectivity index (χ2v) is 4.56. The lowest BCUT2D eigenvalue weighted by molar-refractivity contribution is 0.0118. The van der Waals surface area contributed by atoms with Gasteiger partial charge in [0.1, 0.15) is 0 Å². The molecule has 1 aromatic rings. The largest absolute Gasteiger partial charge is 0.346 e. The molecule has 0 atom stereocenters. The van der Waals surface area contributed by atoms with Crippen LogP contribution in [0.3, 0.4) is 0 Å². The average molecular weight is 307 g/mol. The van der Waals surface area contributed by atoms with Crippen LogP contribution in [0.15, 0.2) is 22.7 Å². The molecule has 1 amide bonds. The van der Waals surface area contributed by atoms with E-state index in [0.29, 0.717) is 5.56 Å². The molecule has 3 N–H and O–H groups in total. The Labute approximate surface area is 107 Å². The SMILES string of the molecule is Cc1cc(C(=O)NCC(F)(F)CN)ccc1Br. The summed E-state index contributed by atoms with van der Waals surface area (Å²) in [5.41, 5.74) is 6.08. The van der Waals surface area contributed by atoms with Crippen LogP contribution in [0.1, 0.15) is 15.9 Å². The van der Waals surface area contributed by atoms with Crippen LogP contribution in [0.5, 0.6) is 0 Å². The van der Waals surface area contributed by atoms with Gasteiger partial charge in [-0.2, -0.15) is 0 Å². The van der Waals surface area contributed by atoms with Crippen LogP contribution in [0.4, 0.5) is 8.78 Å².